The molecule has 0 radical (unpaired) electrons. The van der Waals surface area contributed by atoms with Crippen LogP contribution >= 0.6 is 0 Å². The first-order chi connectivity index (χ1) is 10.2. The van der Waals surface area contributed by atoms with Crippen LogP contribution in [0, 0.1) is 6.92 Å². The minimum atomic E-state index is 0.0875. The van der Waals surface area contributed by atoms with E-state index < -0.39 is 0 Å². The van der Waals surface area contributed by atoms with Gasteiger partial charge in [-0.2, -0.15) is 0 Å². The van der Waals surface area contributed by atoms with E-state index in [1.807, 2.05) is 55.6 Å². The molecule has 0 fully saturated rings. The smallest absolute Gasteiger partial charge is 0.162 e. The maximum Gasteiger partial charge on any atom is 0.162 e. The number of rotatable bonds is 4. The van der Waals surface area contributed by atoms with Crippen LogP contribution in [0.2, 0.25) is 0 Å². The van der Waals surface area contributed by atoms with Gasteiger partial charge < -0.3 is 8.98 Å². The van der Waals surface area contributed by atoms with Gasteiger partial charge >= 0.3 is 0 Å². The summed E-state index contributed by atoms with van der Waals surface area (Å²) in [5.41, 5.74) is 3.79. The molecule has 0 aliphatic heterocycles. The lowest BCUT2D eigenvalue weighted by molar-refractivity contribution is 0.101. The van der Waals surface area contributed by atoms with Gasteiger partial charge in [-0.05, 0) is 31.5 Å². The molecule has 0 saturated heterocycles. The number of furan rings is 1. The summed E-state index contributed by atoms with van der Waals surface area (Å²) < 4.78 is 7.47. The average Bonchev–Trinajstić information content (AvgIpc) is 3.09. The number of hydrogen-bond acceptors (Lipinski definition) is 2. The summed E-state index contributed by atoms with van der Waals surface area (Å²) in [6.45, 7) is 4.23. The van der Waals surface area contributed by atoms with Gasteiger partial charge in [-0.3, -0.25) is 4.79 Å². The van der Waals surface area contributed by atoms with Gasteiger partial charge in [-0.25, -0.2) is 0 Å². The fourth-order valence-corrected chi connectivity index (χ4v) is 2.67. The van der Waals surface area contributed by atoms with Crippen LogP contribution in [-0.4, -0.2) is 10.4 Å². The maximum atomic E-state index is 12.0. The summed E-state index contributed by atoms with van der Waals surface area (Å²) >= 11 is 0. The van der Waals surface area contributed by atoms with E-state index in [2.05, 4.69) is 4.57 Å². The molecule has 3 rings (SSSR count). The van der Waals surface area contributed by atoms with Crippen molar-refractivity contribution in [1.29, 1.82) is 0 Å². The lowest BCUT2D eigenvalue weighted by Gasteiger charge is -2.04. The Balaban J connectivity index is 2.09. The first kappa shape index (κ1) is 13.4. The van der Waals surface area contributed by atoms with E-state index in [1.165, 1.54) is 0 Å². The lowest BCUT2D eigenvalue weighted by atomic mass is 10.0. The number of benzene rings is 1. The number of Topliss-reactive ketones (excluding diaryl/α,β-unsaturated/α-hetero) is 1. The Labute approximate surface area is 123 Å². The van der Waals surface area contributed by atoms with Crippen LogP contribution in [0.25, 0.3) is 11.1 Å². The van der Waals surface area contributed by atoms with Crippen LogP contribution in [0.1, 0.15) is 28.7 Å². The Morgan fingerprint density at radius 3 is 2.52 bits per heavy atom. The Morgan fingerprint density at radius 2 is 1.90 bits per heavy atom. The highest BCUT2D eigenvalue weighted by atomic mass is 16.3. The topological polar surface area (TPSA) is 35.1 Å². The van der Waals surface area contributed by atoms with Crippen LogP contribution in [-0.2, 0) is 6.54 Å². The van der Waals surface area contributed by atoms with E-state index in [4.69, 9.17) is 4.42 Å². The van der Waals surface area contributed by atoms with E-state index in [0.29, 0.717) is 6.54 Å². The third kappa shape index (κ3) is 2.55. The van der Waals surface area contributed by atoms with Crippen LogP contribution < -0.4 is 0 Å². The number of aromatic nitrogens is 1. The van der Waals surface area contributed by atoms with Gasteiger partial charge in [0.2, 0.25) is 0 Å². The molecule has 0 bridgehead atoms. The Hall–Kier alpha value is -2.55. The summed E-state index contributed by atoms with van der Waals surface area (Å²) in [4.78, 5) is 12.0. The van der Waals surface area contributed by atoms with Crippen LogP contribution in [0.4, 0.5) is 0 Å². The molecule has 1 aromatic carbocycles. The molecule has 2 heterocycles. The van der Waals surface area contributed by atoms with Crippen molar-refractivity contribution >= 4 is 5.78 Å². The molecular formula is C18H17NO2. The summed E-state index contributed by atoms with van der Waals surface area (Å²) in [6, 6.07) is 13.8. The number of hydrogen-bond donors (Lipinski definition) is 0. The predicted molar refractivity (Wildman–Crippen MR) is 82.4 cm³/mol. The highest BCUT2D eigenvalue weighted by molar-refractivity contribution is 6.02. The molecule has 3 nitrogen and oxygen atoms in total. The molecule has 21 heavy (non-hydrogen) atoms. The first-order valence-corrected chi connectivity index (χ1v) is 6.95. The van der Waals surface area contributed by atoms with E-state index >= 15 is 0 Å². The van der Waals surface area contributed by atoms with Gasteiger partial charge in [0.25, 0.3) is 0 Å². The fourth-order valence-electron chi connectivity index (χ4n) is 2.67. The van der Waals surface area contributed by atoms with Crippen molar-refractivity contribution in [2.75, 3.05) is 0 Å². The number of ketones is 1. The minimum Gasteiger partial charge on any atom is -0.467 e. The standard InChI is InChI=1S/C18H17NO2/c1-13-18(14(2)20)17(15-7-4-3-5-8-15)12-19(13)11-16-9-6-10-21-16/h3-10,12H,11H2,1-2H3. The van der Waals surface area contributed by atoms with Crippen molar-refractivity contribution in [3.8, 4) is 11.1 Å². The SMILES string of the molecule is CC(=O)c1c(-c2ccccc2)cn(Cc2ccco2)c1C. The van der Waals surface area contributed by atoms with Gasteiger partial charge in [0.05, 0.1) is 12.8 Å². The van der Waals surface area contributed by atoms with Gasteiger partial charge in [-0.1, -0.05) is 30.3 Å². The Morgan fingerprint density at radius 1 is 1.14 bits per heavy atom. The summed E-state index contributed by atoms with van der Waals surface area (Å²) in [5, 5.41) is 0. The third-order valence-electron chi connectivity index (χ3n) is 3.69. The largest absolute Gasteiger partial charge is 0.467 e. The van der Waals surface area contributed by atoms with Gasteiger partial charge in [0, 0.05) is 23.0 Å². The fraction of sp³-hybridized carbons (Fsp3) is 0.167. The van der Waals surface area contributed by atoms with Crippen molar-refractivity contribution in [3.63, 3.8) is 0 Å². The lowest BCUT2D eigenvalue weighted by Crippen LogP contribution is -2.02. The second kappa shape index (κ2) is 5.44. The zero-order valence-electron chi connectivity index (χ0n) is 12.2. The third-order valence-corrected chi connectivity index (χ3v) is 3.69. The van der Waals surface area contributed by atoms with E-state index in [0.717, 1.165) is 28.1 Å². The molecule has 0 aliphatic carbocycles. The highest BCUT2D eigenvalue weighted by Gasteiger charge is 2.17. The number of carbonyl (C=O) groups excluding carboxylic acids is 1. The summed E-state index contributed by atoms with van der Waals surface area (Å²) in [5.74, 6) is 0.965. The van der Waals surface area contributed by atoms with E-state index in [1.54, 1.807) is 13.2 Å². The normalized spacial score (nSPS) is 10.8. The summed E-state index contributed by atoms with van der Waals surface area (Å²) in [7, 11) is 0. The van der Waals surface area contributed by atoms with Crippen LogP contribution in [0.3, 0.4) is 0 Å². The molecule has 0 aliphatic rings. The van der Waals surface area contributed by atoms with E-state index in [9.17, 15) is 4.79 Å². The molecule has 106 valence electrons. The predicted octanol–water partition coefficient (Wildman–Crippen LogP) is 4.31. The van der Waals surface area contributed by atoms with Crippen molar-refractivity contribution < 1.29 is 9.21 Å². The monoisotopic (exact) mass is 279 g/mol. The second-order valence-corrected chi connectivity index (χ2v) is 5.13. The van der Waals surface area contributed by atoms with E-state index in [-0.39, 0.29) is 5.78 Å². The minimum absolute atomic E-state index is 0.0875. The molecule has 0 saturated carbocycles. The van der Waals surface area contributed by atoms with Gasteiger partial charge in [0.15, 0.2) is 5.78 Å². The number of carbonyl (C=O) groups is 1. The van der Waals surface area contributed by atoms with Gasteiger partial charge in [0.1, 0.15) is 5.76 Å². The Bertz CT molecular complexity index is 752. The quantitative estimate of drug-likeness (QED) is 0.667. The second-order valence-electron chi connectivity index (χ2n) is 5.13. The van der Waals surface area contributed by atoms with Crippen molar-refractivity contribution in [2.45, 2.75) is 20.4 Å². The van der Waals surface area contributed by atoms with Crippen LogP contribution in [0.5, 0.6) is 0 Å². The van der Waals surface area contributed by atoms with Crippen LogP contribution in [0.15, 0.2) is 59.3 Å². The summed E-state index contributed by atoms with van der Waals surface area (Å²) in [6.07, 6.45) is 3.70. The van der Waals surface area contributed by atoms with Crippen molar-refractivity contribution in [3.05, 3.63) is 71.9 Å². The Kier molecular flexibility index (Phi) is 3.48. The maximum absolute atomic E-state index is 12.0. The zero-order chi connectivity index (χ0) is 14.8. The molecule has 2 aromatic heterocycles. The molecule has 3 heteroatoms. The molecule has 0 amide bonds. The van der Waals surface area contributed by atoms with Crippen molar-refractivity contribution in [2.24, 2.45) is 0 Å². The molecule has 0 N–H and O–H groups in total. The molecule has 0 unspecified atom stereocenters. The highest BCUT2D eigenvalue weighted by Crippen LogP contribution is 2.29. The average molecular weight is 279 g/mol. The molecule has 0 spiro atoms. The molecular weight excluding hydrogens is 262 g/mol. The van der Waals surface area contributed by atoms with Gasteiger partial charge in [-0.15, -0.1) is 0 Å². The first-order valence-electron chi connectivity index (χ1n) is 6.95. The number of nitrogens with zero attached hydrogens (tertiary/aromatic N) is 1. The molecule has 0 atom stereocenters. The zero-order valence-corrected chi connectivity index (χ0v) is 12.2. The molecule has 3 aromatic rings. The van der Waals surface area contributed by atoms with Crippen molar-refractivity contribution in [1.82, 2.24) is 4.57 Å².